The van der Waals surface area contributed by atoms with Gasteiger partial charge in [-0.2, -0.15) is 0 Å². The van der Waals surface area contributed by atoms with E-state index in [1.807, 2.05) is 44.2 Å². The van der Waals surface area contributed by atoms with Crippen molar-refractivity contribution in [3.05, 3.63) is 53.1 Å². The SMILES string of the molecule is CCC1C=C(C)C(F)C(C)CC(OC)C2OC(O)(C(=O)C(=O)N3CCCCC3C(=O)OC(C(C)=CC3CCC(Oc4ccc(C)cc4)C(O)C3)C(C)C(O)CC1=O)C(C)CC2OC. The third-order valence-electron chi connectivity index (χ3n) is 14.1. The number of cyclic esters (lactones) is 1. The molecule has 0 spiro atoms. The molecule has 15 unspecified atom stereocenters. The maximum Gasteiger partial charge on any atom is 0.329 e. The number of piperidine rings is 1. The number of Topliss-reactive ketones (excluding diaryl/α,β-unsaturated/α-hetero) is 2. The number of aliphatic hydroxyl groups is 3. The predicted molar refractivity (Wildman–Crippen MR) is 233 cm³/mol. The standard InChI is InChI=1S/C49H72FNO12/c1-10-34-22-28(3)43(50)29(4)23-41(59-8)45-42(60-9)24-31(6)49(58,63-45)46(55)47(56)51-20-12-11-13-36(51)48(57)62-44(32(7)37(52)26-38(34)53)30(5)21-33-16-19-40(39(54)25-33)61-35-17-14-27(2)15-18-35/h14-15,17-18,21-22,29,31-34,36-37,39-45,52,54,58H,10-13,16,19-20,23-26H2,1-9H3. The van der Waals surface area contributed by atoms with Crippen molar-refractivity contribution in [1.82, 2.24) is 4.90 Å². The minimum Gasteiger partial charge on any atom is -0.488 e. The fourth-order valence-electron chi connectivity index (χ4n) is 9.98. The number of allylic oxidation sites excluding steroid dienone is 3. The highest BCUT2D eigenvalue weighted by molar-refractivity contribution is 6.39. The van der Waals surface area contributed by atoms with Crippen LogP contribution >= 0.6 is 0 Å². The summed E-state index contributed by atoms with van der Waals surface area (Å²) < 4.78 is 46.4. The first-order valence-electron chi connectivity index (χ1n) is 23.0. The van der Waals surface area contributed by atoms with Gasteiger partial charge >= 0.3 is 5.97 Å². The number of carbonyl (C=O) groups excluding carboxylic acids is 4. The van der Waals surface area contributed by atoms with E-state index in [-0.39, 0.29) is 43.9 Å². The minimum atomic E-state index is -2.61. The minimum absolute atomic E-state index is 0.0394. The highest BCUT2D eigenvalue weighted by atomic mass is 19.1. The Kier molecular flexibility index (Phi) is 17.7. The van der Waals surface area contributed by atoms with E-state index in [1.165, 1.54) is 14.2 Å². The molecule has 3 aliphatic heterocycles. The number of aryl methyl sites for hydroxylation is 1. The molecule has 13 nitrogen and oxygen atoms in total. The Balaban J connectivity index is 1.49. The highest BCUT2D eigenvalue weighted by Gasteiger charge is 2.57. The zero-order valence-electron chi connectivity index (χ0n) is 38.7. The maximum atomic E-state index is 16.3. The fourth-order valence-corrected chi connectivity index (χ4v) is 9.98. The summed E-state index contributed by atoms with van der Waals surface area (Å²) >= 11 is 0. The van der Waals surface area contributed by atoms with Crippen LogP contribution in [0.4, 0.5) is 4.39 Å². The number of hydrogen-bond donors (Lipinski definition) is 3. The monoisotopic (exact) mass is 886 g/mol. The van der Waals surface area contributed by atoms with Crippen molar-refractivity contribution in [1.29, 1.82) is 0 Å². The van der Waals surface area contributed by atoms with E-state index in [2.05, 4.69) is 0 Å². The summed E-state index contributed by atoms with van der Waals surface area (Å²) in [6.07, 6.45) is -1.07. The zero-order chi connectivity index (χ0) is 46.3. The van der Waals surface area contributed by atoms with Gasteiger partial charge in [0, 0.05) is 44.9 Å². The quantitative estimate of drug-likeness (QED) is 0.162. The molecule has 14 heteroatoms. The van der Waals surface area contributed by atoms with Crippen molar-refractivity contribution in [3.63, 3.8) is 0 Å². The van der Waals surface area contributed by atoms with E-state index in [0.29, 0.717) is 55.4 Å². The van der Waals surface area contributed by atoms with Gasteiger partial charge in [-0.15, -0.1) is 0 Å². The lowest BCUT2D eigenvalue weighted by atomic mass is 9.81. The number of alkyl halides is 1. The summed E-state index contributed by atoms with van der Waals surface area (Å²) in [6.45, 7) is 12.2. The first-order chi connectivity index (χ1) is 29.8. The van der Waals surface area contributed by atoms with Gasteiger partial charge in [0.1, 0.15) is 42.1 Å². The van der Waals surface area contributed by atoms with Gasteiger partial charge in [-0.3, -0.25) is 14.4 Å². The number of halogens is 1. The number of aliphatic hydroxyl groups excluding tert-OH is 2. The number of esters is 1. The van der Waals surface area contributed by atoms with Crippen molar-refractivity contribution in [2.45, 2.75) is 173 Å². The first kappa shape index (κ1) is 50.5. The van der Waals surface area contributed by atoms with E-state index in [9.17, 15) is 34.5 Å². The van der Waals surface area contributed by atoms with Crippen LogP contribution in [0.5, 0.6) is 5.75 Å². The summed E-state index contributed by atoms with van der Waals surface area (Å²) in [7, 11) is 2.88. The van der Waals surface area contributed by atoms with Gasteiger partial charge in [0.2, 0.25) is 5.79 Å². The van der Waals surface area contributed by atoms with E-state index < -0.39 is 102 Å². The normalized spacial score (nSPS) is 38.5. The number of ether oxygens (including phenoxy) is 5. The molecule has 4 aliphatic rings. The molecule has 2 bridgehead atoms. The van der Waals surface area contributed by atoms with Crippen LogP contribution in [0.1, 0.15) is 111 Å². The number of rotatable bonds is 7. The van der Waals surface area contributed by atoms with Crippen LogP contribution in [0.3, 0.4) is 0 Å². The second kappa shape index (κ2) is 22.1. The number of carbonyl (C=O) groups is 4. The summed E-state index contributed by atoms with van der Waals surface area (Å²) in [4.78, 5) is 58.0. The lowest BCUT2D eigenvalue weighted by Crippen LogP contribution is -2.64. The number of ketones is 2. The molecule has 1 saturated carbocycles. The Morgan fingerprint density at radius 2 is 1.59 bits per heavy atom. The van der Waals surface area contributed by atoms with Gasteiger partial charge in [0.25, 0.3) is 11.7 Å². The van der Waals surface area contributed by atoms with Crippen molar-refractivity contribution in [2.75, 3.05) is 20.8 Å². The lowest BCUT2D eigenvalue weighted by Gasteiger charge is -2.47. The molecule has 352 valence electrons. The topological polar surface area (TPSA) is 178 Å². The molecule has 1 aliphatic carbocycles. The third kappa shape index (κ3) is 11.8. The van der Waals surface area contributed by atoms with Crippen LogP contribution < -0.4 is 4.74 Å². The van der Waals surface area contributed by atoms with Crippen molar-refractivity contribution in [3.8, 4) is 5.75 Å². The Morgan fingerprint density at radius 1 is 0.921 bits per heavy atom. The van der Waals surface area contributed by atoms with Crippen LogP contribution in [-0.4, -0.2) is 125 Å². The molecule has 3 fully saturated rings. The average molecular weight is 886 g/mol. The van der Waals surface area contributed by atoms with Crippen LogP contribution in [-0.2, 0) is 38.1 Å². The molecule has 0 aromatic heterocycles. The third-order valence-corrected chi connectivity index (χ3v) is 14.1. The number of fused-ring (bicyclic) bond motifs is 3. The van der Waals surface area contributed by atoms with Crippen LogP contribution in [0, 0.1) is 36.5 Å². The Morgan fingerprint density at radius 3 is 2.22 bits per heavy atom. The summed E-state index contributed by atoms with van der Waals surface area (Å²) in [5, 5.41) is 35.0. The van der Waals surface area contributed by atoms with E-state index >= 15 is 4.39 Å². The van der Waals surface area contributed by atoms with Crippen molar-refractivity contribution in [2.24, 2.45) is 29.6 Å². The molecule has 63 heavy (non-hydrogen) atoms. The molecular formula is C49H72FNO12. The van der Waals surface area contributed by atoms with Gasteiger partial charge in [-0.05, 0) is 114 Å². The summed E-state index contributed by atoms with van der Waals surface area (Å²) in [6, 6.07) is 6.44. The second-order valence-electron chi connectivity index (χ2n) is 18.8. The van der Waals surface area contributed by atoms with Crippen LogP contribution in [0.2, 0.25) is 0 Å². The molecule has 1 aromatic rings. The molecule has 3 N–H and O–H groups in total. The van der Waals surface area contributed by atoms with Gasteiger partial charge < -0.3 is 43.9 Å². The molecule has 2 saturated heterocycles. The smallest absolute Gasteiger partial charge is 0.329 e. The van der Waals surface area contributed by atoms with Crippen molar-refractivity contribution < 1.29 is 62.6 Å². The zero-order valence-corrected chi connectivity index (χ0v) is 38.7. The van der Waals surface area contributed by atoms with Crippen molar-refractivity contribution >= 4 is 23.4 Å². The van der Waals surface area contributed by atoms with Crippen LogP contribution in [0.25, 0.3) is 0 Å². The summed E-state index contributed by atoms with van der Waals surface area (Å²) in [5.41, 5.74) is 2.01. The van der Waals surface area contributed by atoms with Gasteiger partial charge in [-0.25, -0.2) is 9.18 Å². The largest absolute Gasteiger partial charge is 0.488 e. The van der Waals surface area contributed by atoms with Crippen LogP contribution in [0.15, 0.2) is 47.6 Å². The predicted octanol–water partition coefficient (Wildman–Crippen LogP) is 6.16. The van der Waals surface area contributed by atoms with E-state index in [1.54, 1.807) is 40.7 Å². The molecular weight excluding hydrogens is 814 g/mol. The Hall–Kier alpha value is -3.53. The lowest BCUT2D eigenvalue weighted by molar-refractivity contribution is -0.302. The first-order valence-corrected chi connectivity index (χ1v) is 23.0. The molecule has 0 radical (unpaired) electrons. The molecule has 1 aromatic carbocycles. The number of amides is 1. The number of nitrogens with zero attached hydrogens (tertiary/aromatic N) is 1. The number of methoxy groups -OCH3 is 2. The Bertz CT molecular complexity index is 1800. The number of benzene rings is 1. The Labute approximate surface area is 372 Å². The van der Waals surface area contributed by atoms with Gasteiger partial charge in [-0.1, -0.05) is 57.5 Å². The molecule has 15 atom stereocenters. The fraction of sp³-hybridized carbons (Fsp3) is 0.714. The second-order valence-corrected chi connectivity index (χ2v) is 18.8. The average Bonchev–Trinajstić information content (AvgIpc) is 3.27. The molecule has 1 amide bonds. The number of hydrogen-bond acceptors (Lipinski definition) is 12. The van der Waals surface area contributed by atoms with Gasteiger partial charge in [0.15, 0.2) is 0 Å². The summed E-state index contributed by atoms with van der Waals surface area (Å²) in [5.74, 6) is -8.64. The molecule has 3 heterocycles. The van der Waals surface area contributed by atoms with E-state index in [0.717, 1.165) is 10.5 Å². The van der Waals surface area contributed by atoms with E-state index in [4.69, 9.17) is 23.7 Å². The highest BCUT2D eigenvalue weighted by Crippen LogP contribution is 2.40. The maximum absolute atomic E-state index is 16.3. The van der Waals surface area contributed by atoms with Gasteiger partial charge in [0.05, 0.1) is 24.4 Å². The molecule has 5 rings (SSSR count).